The minimum Gasteiger partial charge on any atom is -0.444 e. The number of amides is 3. The summed E-state index contributed by atoms with van der Waals surface area (Å²) < 4.78 is 5.45. The molecule has 1 aromatic rings. The Morgan fingerprint density at radius 2 is 1.69 bits per heavy atom. The molecule has 0 aliphatic rings. The summed E-state index contributed by atoms with van der Waals surface area (Å²) in [6.45, 7) is 16.5. The molecule has 0 aromatic heterocycles. The van der Waals surface area contributed by atoms with Crippen molar-refractivity contribution in [1.29, 1.82) is 0 Å². The predicted molar refractivity (Wildman–Crippen MR) is 146 cm³/mol. The van der Waals surface area contributed by atoms with Crippen LogP contribution in [0.1, 0.15) is 104 Å². The number of nitrogens with zero attached hydrogens (tertiary/aromatic N) is 1. The van der Waals surface area contributed by atoms with Gasteiger partial charge in [0.05, 0.1) is 0 Å². The highest BCUT2D eigenvalue weighted by Gasteiger charge is 2.36. The molecule has 204 valence electrons. The summed E-state index contributed by atoms with van der Waals surface area (Å²) in [7, 11) is 0. The quantitative estimate of drug-likeness (QED) is 0.309. The monoisotopic (exact) mass is 503 g/mol. The van der Waals surface area contributed by atoms with Crippen LogP contribution in [-0.4, -0.2) is 47.5 Å². The van der Waals surface area contributed by atoms with Gasteiger partial charge in [0.1, 0.15) is 17.7 Å². The van der Waals surface area contributed by atoms with Crippen molar-refractivity contribution >= 4 is 17.9 Å². The number of ether oxygens (including phenoxy) is 1. The minimum atomic E-state index is -0.794. The first-order valence-corrected chi connectivity index (χ1v) is 13.5. The zero-order valence-corrected chi connectivity index (χ0v) is 23.8. The molecule has 0 saturated heterocycles. The summed E-state index contributed by atoms with van der Waals surface area (Å²) in [5, 5.41) is 5.83. The number of carbonyl (C=O) groups is 3. The van der Waals surface area contributed by atoms with E-state index < -0.39 is 23.8 Å². The van der Waals surface area contributed by atoms with Gasteiger partial charge < -0.3 is 20.3 Å². The number of benzene rings is 1. The van der Waals surface area contributed by atoms with Crippen molar-refractivity contribution in [2.45, 2.75) is 112 Å². The third-order valence-electron chi connectivity index (χ3n) is 5.73. The average molecular weight is 504 g/mol. The smallest absolute Gasteiger partial charge is 0.408 e. The second-order valence-corrected chi connectivity index (χ2v) is 11.0. The average Bonchev–Trinajstić information content (AvgIpc) is 2.76. The lowest BCUT2D eigenvalue weighted by atomic mass is 9.98. The third kappa shape index (κ3) is 11.4. The van der Waals surface area contributed by atoms with E-state index in [4.69, 9.17) is 4.74 Å². The molecule has 2 unspecified atom stereocenters. The van der Waals surface area contributed by atoms with E-state index in [1.54, 1.807) is 25.7 Å². The SMILES string of the molecule is CCCCCN(C(=O)C(CC(C)C)NC(=O)OC(C)(C)C)C(C(=O)NCCCC)c1cccc(C)c1. The molecule has 0 fully saturated rings. The Hall–Kier alpha value is -2.57. The number of nitrogens with one attached hydrogen (secondary N) is 2. The Morgan fingerprint density at radius 1 is 1.03 bits per heavy atom. The number of rotatable bonds is 14. The predicted octanol–water partition coefficient (Wildman–Crippen LogP) is 5.91. The van der Waals surface area contributed by atoms with Crippen LogP contribution in [0.25, 0.3) is 0 Å². The van der Waals surface area contributed by atoms with E-state index in [0.29, 0.717) is 19.5 Å². The molecule has 7 nitrogen and oxygen atoms in total. The Morgan fingerprint density at radius 3 is 2.25 bits per heavy atom. The van der Waals surface area contributed by atoms with E-state index in [-0.39, 0.29) is 17.7 Å². The fourth-order valence-corrected chi connectivity index (χ4v) is 4.04. The zero-order valence-electron chi connectivity index (χ0n) is 23.8. The first-order chi connectivity index (χ1) is 16.9. The summed E-state index contributed by atoms with van der Waals surface area (Å²) in [6, 6.07) is 6.18. The first-order valence-electron chi connectivity index (χ1n) is 13.5. The van der Waals surface area contributed by atoms with Gasteiger partial charge in [-0.3, -0.25) is 9.59 Å². The number of alkyl carbamates (subject to hydrolysis) is 1. The Bertz CT molecular complexity index is 832. The van der Waals surface area contributed by atoms with Gasteiger partial charge in [0.25, 0.3) is 0 Å². The van der Waals surface area contributed by atoms with Crippen molar-refractivity contribution in [2.75, 3.05) is 13.1 Å². The number of hydrogen-bond donors (Lipinski definition) is 2. The van der Waals surface area contributed by atoms with Crippen LogP contribution in [0.4, 0.5) is 4.79 Å². The molecule has 0 saturated carbocycles. The van der Waals surface area contributed by atoms with E-state index in [2.05, 4.69) is 24.5 Å². The largest absolute Gasteiger partial charge is 0.444 e. The first kappa shape index (κ1) is 31.5. The van der Waals surface area contributed by atoms with Crippen LogP contribution in [0, 0.1) is 12.8 Å². The van der Waals surface area contributed by atoms with E-state index >= 15 is 0 Å². The molecule has 1 rings (SSSR count). The molecule has 0 heterocycles. The summed E-state index contributed by atoms with van der Waals surface area (Å²) in [5.74, 6) is -0.301. The highest BCUT2D eigenvalue weighted by molar-refractivity contribution is 5.92. The van der Waals surface area contributed by atoms with Gasteiger partial charge in [-0.15, -0.1) is 0 Å². The minimum absolute atomic E-state index is 0.155. The standard InChI is InChI=1S/C29H49N3O4/c1-9-11-13-18-32(27(34)24(19-21(3)4)31-28(35)36-29(6,7)8)25(26(33)30-17-12-10-2)23-16-14-15-22(5)20-23/h14-16,20-21,24-25H,9-13,17-19H2,1-8H3,(H,30,33)(H,31,35). The van der Waals surface area contributed by atoms with Crippen molar-refractivity contribution in [1.82, 2.24) is 15.5 Å². The van der Waals surface area contributed by atoms with E-state index in [1.807, 2.05) is 45.0 Å². The molecule has 1 aromatic carbocycles. The summed E-state index contributed by atoms with van der Waals surface area (Å²) in [4.78, 5) is 41.9. The van der Waals surface area contributed by atoms with Gasteiger partial charge in [-0.25, -0.2) is 4.79 Å². The van der Waals surface area contributed by atoms with Gasteiger partial charge in [-0.1, -0.05) is 76.8 Å². The number of unbranched alkanes of at least 4 members (excludes halogenated alkanes) is 3. The summed E-state index contributed by atoms with van der Waals surface area (Å²) in [5.41, 5.74) is 1.11. The van der Waals surface area contributed by atoms with Crippen molar-refractivity contribution in [2.24, 2.45) is 5.92 Å². The molecule has 0 aliphatic carbocycles. The maximum Gasteiger partial charge on any atom is 0.408 e. The molecular formula is C29H49N3O4. The van der Waals surface area contributed by atoms with E-state index in [9.17, 15) is 14.4 Å². The van der Waals surface area contributed by atoms with Crippen LogP contribution in [0.3, 0.4) is 0 Å². The fraction of sp³-hybridized carbons (Fsp3) is 0.690. The Balaban J connectivity index is 3.43. The highest BCUT2D eigenvalue weighted by Crippen LogP contribution is 2.25. The maximum atomic E-state index is 14.1. The topological polar surface area (TPSA) is 87.7 Å². The molecular weight excluding hydrogens is 454 g/mol. The normalized spacial score (nSPS) is 13.1. The van der Waals surface area contributed by atoms with Crippen LogP contribution in [0.2, 0.25) is 0 Å². The van der Waals surface area contributed by atoms with Crippen LogP contribution in [0.5, 0.6) is 0 Å². The molecule has 0 spiro atoms. The van der Waals surface area contributed by atoms with Crippen molar-refractivity contribution in [3.8, 4) is 0 Å². The second-order valence-electron chi connectivity index (χ2n) is 11.0. The molecule has 2 N–H and O–H groups in total. The van der Waals surface area contributed by atoms with Gasteiger partial charge >= 0.3 is 6.09 Å². The Kier molecular flexibility index (Phi) is 13.6. The van der Waals surface area contributed by atoms with Crippen molar-refractivity contribution in [3.05, 3.63) is 35.4 Å². The van der Waals surface area contributed by atoms with Gasteiger partial charge in [0, 0.05) is 13.1 Å². The molecule has 0 aliphatic heterocycles. The van der Waals surface area contributed by atoms with E-state index in [0.717, 1.165) is 43.2 Å². The fourth-order valence-electron chi connectivity index (χ4n) is 4.04. The van der Waals surface area contributed by atoms with E-state index in [1.165, 1.54) is 0 Å². The van der Waals surface area contributed by atoms with Crippen LogP contribution in [0.15, 0.2) is 24.3 Å². The lowest BCUT2D eigenvalue weighted by Gasteiger charge is -2.35. The maximum absolute atomic E-state index is 14.1. The number of carbonyl (C=O) groups excluding carboxylic acids is 3. The number of aryl methyl sites for hydroxylation is 1. The lowest BCUT2D eigenvalue weighted by molar-refractivity contribution is -0.143. The molecule has 0 radical (unpaired) electrons. The summed E-state index contributed by atoms with van der Waals surface area (Å²) in [6.07, 6.45) is 4.35. The van der Waals surface area contributed by atoms with Crippen LogP contribution < -0.4 is 10.6 Å². The van der Waals surface area contributed by atoms with Crippen molar-refractivity contribution in [3.63, 3.8) is 0 Å². The lowest BCUT2D eigenvalue weighted by Crippen LogP contribution is -2.53. The van der Waals surface area contributed by atoms with Crippen molar-refractivity contribution < 1.29 is 19.1 Å². The van der Waals surface area contributed by atoms with Crippen LogP contribution in [-0.2, 0) is 14.3 Å². The molecule has 3 amide bonds. The van der Waals surface area contributed by atoms with Gasteiger partial charge in [0.2, 0.25) is 11.8 Å². The molecule has 2 atom stereocenters. The van der Waals surface area contributed by atoms with Gasteiger partial charge in [-0.2, -0.15) is 0 Å². The van der Waals surface area contributed by atoms with Gasteiger partial charge in [-0.05, 0) is 58.4 Å². The second kappa shape index (κ2) is 15.5. The molecule has 7 heteroatoms. The van der Waals surface area contributed by atoms with Gasteiger partial charge in [0.15, 0.2) is 0 Å². The zero-order chi connectivity index (χ0) is 27.3. The van der Waals surface area contributed by atoms with Crippen LogP contribution >= 0.6 is 0 Å². The highest BCUT2D eigenvalue weighted by atomic mass is 16.6. The molecule has 0 bridgehead atoms. The Labute approximate surface area is 218 Å². The third-order valence-corrected chi connectivity index (χ3v) is 5.73. The number of hydrogen-bond acceptors (Lipinski definition) is 4. The summed E-state index contributed by atoms with van der Waals surface area (Å²) >= 11 is 0. The molecule has 36 heavy (non-hydrogen) atoms.